The Morgan fingerprint density at radius 3 is 2.63 bits per heavy atom. The number of carbonyl (C=O) groups excluding carboxylic acids is 3. The van der Waals surface area contributed by atoms with Crippen molar-refractivity contribution in [3.63, 3.8) is 0 Å². The van der Waals surface area contributed by atoms with Gasteiger partial charge in [-0.3, -0.25) is 19.3 Å². The van der Waals surface area contributed by atoms with Crippen LogP contribution in [0.15, 0.2) is 65.7 Å². The minimum Gasteiger partial charge on any atom is -0.385 e. The van der Waals surface area contributed by atoms with Gasteiger partial charge in [-0.2, -0.15) is 0 Å². The van der Waals surface area contributed by atoms with E-state index in [0.29, 0.717) is 31.0 Å². The van der Waals surface area contributed by atoms with Crippen molar-refractivity contribution in [2.75, 3.05) is 26.8 Å². The Balaban J connectivity index is 1.45. The third kappa shape index (κ3) is 6.21. The monoisotopic (exact) mass is 491 g/mol. The topological polar surface area (TPSA) is 80.6 Å². The fourth-order valence-electron chi connectivity index (χ4n) is 4.10. The maximum Gasteiger partial charge on any atom is 0.293 e. The van der Waals surface area contributed by atoms with Gasteiger partial charge in [0, 0.05) is 49.5 Å². The molecule has 0 bridgehead atoms. The molecule has 1 fully saturated rings. The number of nitrogens with one attached hydrogen (secondary N) is 1. The van der Waals surface area contributed by atoms with Crippen LogP contribution in [0.1, 0.15) is 24.0 Å². The average Bonchev–Trinajstić information content (AvgIpc) is 3.34. The van der Waals surface area contributed by atoms with Gasteiger partial charge in [0.25, 0.3) is 11.1 Å². The van der Waals surface area contributed by atoms with E-state index >= 15 is 0 Å². The number of para-hydroxylation sites is 1. The first-order valence-electron chi connectivity index (χ1n) is 11.7. The zero-order valence-electron chi connectivity index (χ0n) is 19.7. The van der Waals surface area contributed by atoms with E-state index in [9.17, 15) is 14.4 Å². The molecule has 0 aliphatic carbocycles. The Labute approximate surface area is 209 Å². The van der Waals surface area contributed by atoms with Gasteiger partial charge in [0.05, 0.1) is 4.91 Å². The van der Waals surface area contributed by atoms with Crippen LogP contribution in [-0.2, 0) is 27.3 Å². The molecule has 1 saturated heterocycles. The van der Waals surface area contributed by atoms with Crippen LogP contribution in [0.3, 0.4) is 0 Å². The van der Waals surface area contributed by atoms with Gasteiger partial charge in [0.1, 0.15) is 6.54 Å². The SMILES string of the molecule is COCCCNC(=O)Cn1cc(/C=C2\SC(=O)N(CCCc3ccccc3)C2=O)c2ccccc21. The van der Waals surface area contributed by atoms with Crippen LogP contribution in [0.4, 0.5) is 4.79 Å². The van der Waals surface area contributed by atoms with Crippen molar-refractivity contribution in [2.45, 2.75) is 25.8 Å². The maximum absolute atomic E-state index is 13.0. The van der Waals surface area contributed by atoms with Gasteiger partial charge in [-0.15, -0.1) is 0 Å². The van der Waals surface area contributed by atoms with Crippen LogP contribution in [-0.4, -0.2) is 53.3 Å². The van der Waals surface area contributed by atoms with Crippen LogP contribution < -0.4 is 5.32 Å². The lowest BCUT2D eigenvalue weighted by Crippen LogP contribution is -2.29. The van der Waals surface area contributed by atoms with E-state index in [1.165, 1.54) is 10.5 Å². The third-order valence-corrected chi connectivity index (χ3v) is 6.74. The molecule has 1 aliphatic rings. The summed E-state index contributed by atoms with van der Waals surface area (Å²) in [6.07, 6.45) is 5.90. The number of amides is 3. The first-order chi connectivity index (χ1) is 17.1. The molecule has 8 heteroatoms. The average molecular weight is 492 g/mol. The number of hydrogen-bond donors (Lipinski definition) is 1. The highest BCUT2D eigenvalue weighted by molar-refractivity contribution is 8.18. The zero-order chi connectivity index (χ0) is 24.6. The number of imide groups is 1. The molecule has 0 radical (unpaired) electrons. The molecule has 7 nitrogen and oxygen atoms in total. The number of hydrogen-bond acceptors (Lipinski definition) is 5. The van der Waals surface area contributed by atoms with Crippen molar-refractivity contribution in [1.82, 2.24) is 14.8 Å². The molecule has 0 spiro atoms. The van der Waals surface area contributed by atoms with Crippen LogP contribution in [0.2, 0.25) is 0 Å². The molecule has 4 rings (SSSR count). The van der Waals surface area contributed by atoms with Crippen LogP contribution in [0.5, 0.6) is 0 Å². The number of ether oxygens (including phenoxy) is 1. The Hall–Kier alpha value is -3.36. The fourth-order valence-corrected chi connectivity index (χ4v) is 4.95. The summed E-state index contributed by atoms with van der Waals surface area (Å²) in [5, 5.41) is 3.58. The van der Waals surface area contributed by atoms with Crippen molar-refractivity contribution in [3.8, 4) is 0 Å². The quantitative estimate of drug-likeness (QED) is 0.316. The number of nitrogens with zero attached hydrogens (tertiary/aromatic N) is 2. The molecule has 182 valence electrons. The summed E-state index contributed by atoms with van der Waals surface area (Å²) in [5.74, 6) is -0.354. The molecule has 0 unspecified atom stereocenters. The van der Waals surface area contributed by atoms with Gasteiger partial charge in [-0.25, -0.2) is 0 Å². The number of fused-ring (bicyclic) bond motifs is 1. The highest BCUT2D eigenvalue weighted by Crippen LogP contribution is 2.34. The number of carbonyl (C=O) groups is 3. The lowest BCUT2D eigenvalue weighted by atomic mass is 10.1. The van der Waals surface area contributed by atoms with Crippen molar-refractivity contribution < 1.29 is 19.1 Å². The van der Waals surface area contributed by atoms with Crippen LogP contribution >= 0.6 is 11.8 Å². The van der Waals surface area contributed by atoms with Gasteiger partial charge in [-0.1, -0.05) is 48.5 Å². The summed E-state index contributed by atoms with van der Waals surface area (Å²) >= 11 is 0.968. The predicted molar refractivity (Wildman–Crippen MR) is 139 cm³/mol. The fraction of sp³-hybridized carbons (Fsp3) is 0.296. The second kappa shape index (κ2) is 11.9. The number of aryl methyl sites for hydroxylation is 1. The Bertz CT molecular complexity index is 1240. The minimum absolute atomic E-state index is 0.0906. The van der Waals surface area contributed by atoms with E-state index in [1.54, 1.807) is 13.2 Å². The molecular formula is C27H29N3O4S. The molecule has 3 aromatic rings. The normalized spacial score (nSPS) is 14.9. The van der Waals surface area contributed by atoms with Crippen molar-refractivity contribution in [3.05, 3.63) is 76.8 Å². The molecule has 0 atom stereocenters. The molecule has 2 heterocycles. The van der Waals surface area contributed by atoms with Crippen molar-refractivity contribution >= 4 is 45.8 Å². The Morgan fingerprint density at radius 1 is 1.06 bits per heavy atom. The molecule has 2 aromatic carbocycles. The van der Waals surface area contributed by atoms with Gasteiger partial charge < -0.3 is 14.6 Å². The maximum atomic E-state index is 13.0. The van der Waals surface area contributed by atoms with E-state index in [-0.39, 0.29) is 23.6 Å². The van der Waals surface area contributed by atoms with Crippen LogP contribution in [0, 0.1) is 0 Å². The summed E-state index contributed by atoms with van der Waals surface area (Å²) in [6, 6.07) is 17.8. The predicted octanol–water partition coefficient (Wildman–Crippen LogP) is 4.46. The highest BCUT2D eigenvalue weighted by atomic mass is 32.2. The van der Waals surface area contributed by atoms with Gasteiger partial charge in [0.2, 0.25) is 5.91 Å². The van der Waals surface area contributed by atoms with Crippen molar-refractivity contribution in [2.24, 2.45) is 0 Å². The first kappa shape index (κ1) is 24.8. The molecule has 35 heavy (non-hydrogen) atoms. The van der Waals surface area contributed by atoms with E-state index in [4.69, 9.17) is 4.74 Å². The molecule has 1 N–H and O–H groups in total. The van der Waals surface area contributed by atoms with E-state index in [1.807, 2.05) is 65.4 Å². The van der Waals surface area contributed by atoms with Gasteiger partial charge >= 0.3 is 0 Å². The number of benzene rings is 2. The summed E-state index contributed by atoms with van der Waals surface area (Å²) in [6.45, 7) is 1.71. The second-order valence-electron chi connectivity index (χ2n) is 8.35. The number of rotatable bonds is 11. The molecule has 3 amide bonds. The summed E-state index contributed by atoms with van der Waals surface area (Å²) in [5.41, 5.74) is 2.89. The summed E-state index contributed by atoms with van der Waals surface area (Å²) in [7, 11) is 1.63. The standard InChI is InChI=1S/C27H29N3O4S/c1-34-16-8-14-28-25(31)19-29-18-21(22-12-5-6-13-23(22)29)17-24-26(32)30(27(33)35-24)15-7-11-20-9-3-2-4-10-20/h2-6,9-10,12-13,17-18H,7-8,11,14-16,19H2,1H3,(H,28,31)/b24-17-. The third-order valence-electron chi connectivity index (χ3n) is 5.83. The van der Waals surface area contributed by atoms with E-state index < -0.39 is 0 Å². The molecule has 0 saturated carbocycles. The first-order valence-corrected chi connectivity index (χ1v) is 12.5. The van der Waals surface area contributed by atoms with Gasteiger partial charge in [-0.05, 0) is 48.7 Å². The lowest BCUT2D eigenvalue weighted by Gasteiger charge is -2.12. The summed E-state index contributed by atoms with van der Waals surface area (Å²) < 4.78 is 6.88. The van der Waals surface area contributed by atoms with Crippen LogP contribution in [0.25, 0.3) is 17.0 Å². The van der Waals surface area contributed by atoms with E-state index in [0.717, 1.165) is 41.1 Å². The second-order valence-corrected chi connectivity index (χ2v) is 9.34. The van der Waals surface area contributed by atoms with Crippen molar-refractivity contribution in [1.29, 1.82) is 0 Å². The zero-order valence-corrected chi connectivity index (χ0v) is 20.6. The summed E-state index contributed by atoms with van der Waals surface area (Å²) in [4.78, 5) is 39.7. The lowest BCUT2D eigenvalue weighted by molar-refractivity contribution is -0.123. The largest absolute Gasteiger partial charge is 0.385 e. The molecule has 1 aliphatic heterocycles. The number of methoxy groups -OCH3 is 1. The smallest absolute Gasteiger partial charge is 0.293 e. The molecule has 1 aromatic heterocycles. The van der Waals surface area contributed by atoms with Gasteiger partial charge in [0.15, 0.2) is 0 Å². The highest BCUT2D eigenvalue weighted by Gasteiger charge is 2.34. The minimum atomic E-state index is -0.263. The number of thioether (sulfide) groups is 1. The Morgan fingerprint density at radius 2 is 1.83 bits per heavy atom. The number of aromatic nitrogens is 1. The van der Waals surface area contributed by atoms with E-state index in [2.05, 4.69) is 5.32 Å². The molecular weight excluding hydrogens is 462 g/mol. The Kier molecular flexibility index (Phi) is 8.39.